The Bertz CT molecular complexity index is 1290. The number of carbonyl (C=O) groups excluding carboxylic acids is 1. The molecule has 1 aliphatic heterocycles. The van der Waals surface area contributed by atoms with E-state index in [1.165, 1.54) is 11.3 Å². The minimum atomic E-state index is -2.63. The molecular weight excluding hydrogens is 460 g/mol. The number of aromatic nitrogens is 3. The first kappa shape index (κ1) is 22.4. The van der Waals surface area contributed by atoms with Gasteiger partial charge in [0.15, 0.2) is 5.13 Å². The highest BCUT2D eigenvalue weighted by molar-refractivity contribution is 7.13. The van der Waals surface area contributed by atoms with Gasteiger partial charge in [0.05, 0.1) is 23.2 Å². The number of ether oxygens (including phenoxy) is 1. The molecule has 2 N–H and O–H groups in total. The number of piperidine rings is 1. The number of rotatable bonds is 7. The third kappa shape index (κ3) is 4.92. The maximum absolute atomic E-state index is 13.7. The average Bonchev–Trinajstić information content (AvgIpc) is 3.48. The molecule has 4 aromatic rings. The zero-order chi connectivity index (χ0) is 23.5. The number of anilines is 1. The predicted octanol–water partition coefficient (Wildman–Crippen LogP) is 5.05. The van der Waals surface area contributed by atoms with E-state index in [1.54, 1.807) is 28.6 Å². The van der Waals surface area contributed by atoms with Crippen LogP contribution in [0.25, 0.3) is 22.4 Å². The number of likely N-dealkylation sites (tertiary alicyclic amines) is 1. The molecule has 10 heteroatoms. The zero-order valence-corrected chi connectivity index (χ0v) is 19.1. The van der Waals surface area contributed by atoms with Crippen LogP contribution in [-0.4, -0.2) is 57.9 Å². The van der Waals surface area contributed by atoms with E-state index in [2.05, 4.69) is 20.3 Å². The highest BCUT2D eigenvalue weighted by Gasteiger charge is 2.34. The van der Waals surface area contributed by atoms with E-state index in [9.17, 15) is 13.6 Å². The van der Waals surface area contributed by atoms with Gasteiger partial charge in [-0.1, -0.05) is 18.2 Å². The molecule has 1 saturated heterocycles. The quantitative estimate of drug-likeness (QED) is 0.384. The molecule has 3 heterocycles. The summed E-state index contributed by atoms with van der Waals surface area (Å²) >= 11 is 1.34. The van der Waals surface area contributed by atoms with E-state index < -0.39 is 5.92 Å². The summed E-state index contributed by atoms with van der Waals surface area (Å²) in [6, 6.07) is 12.8. The first-order chi connectivity index (χ1) is 16.5. The number of nitrogens with one attached hydrogen (secondary N) is 2. The smallest absolute Gasteiger partial charge is 0.260 e. The van der Waals surface area contributed by atoms with E-state index in [0.29, 0.717) is 52.8 Å². The van der Waals surface area contributed by atoms with Gasteiger partial charge in [0.25, 0.3) is 11.8 Å². The molecule has 0 spiro atoms. The molecule has 2 aromatic carbocycles. The number of H-pyrrole nitrogens is 1. The minimum absolute atomic E-state index is 0.0525. The predicted molar refractivity (Wildman–Crippen MR) is 128 cm³/mol. The van der Waals surface area contributed by atoms with Gasteiger partial charge in [-0.05, 0) is 37.2 Å². The van der Waals surface area contributed by atoms with Gasteiger partial charge in [-0.15, -0.1) is 11.3 Å². The lowest BCUT2D eigenvalue weighted by Crippen LogP contribution is -2.44. The Morgan fingerprint density at radius 3 is 2.94 bits per heavy atom. The van der Waals surface area contributed by atoms with Crippen molar-refractivity contribution in [1.82, 2.24) is 19.9 Å². The second-order valence-electron chi connectivity index (χ2n) is 8.16. The molecule has 0 aliphatic carbocycles. The monoisotopic (exact) mass is 483 g/mol. The highest BCUT2D eigenvalue weighted by atomic mass is 32.1. The maximum atomic E-state index is 13.7. The number of hydrogen-bond donors (Lipinski definition) is 2. The second-order valence-corrected chi connectivity index (χ2v) is 9.05. The van der Waals surface area contributed by atoms with Crippen molar-refractivity contribution in [1.29, 1.82) is 0 Å². The van der Waals surface area contributed by atoms with Crippen LogP contribution in [0.4, 0.5) is 13.9 Å². The number of aromatic amines is 1. The molecule has 1 amide bonds. The molecule has 176 valence electrons. The number of nitrogens with zero attached hydrogens (tertiary/aromatic N) is 3. The van der Waals surface area contributed by atoms with Crippen LogP contribution in [-0.2, 0) is 0 Å². The van der Waals surface area contributed by atoms with Crippen LogP contribution >= 0.6 is 11.3 Å². The lowest BCUT2D eigenvalue weighted by Gasteiger charge is -2.32. The Morgan fingerprint density at radius 2 is 2.12 bits per heavy atom. The SMILES string of the molecule is O=C(Nc1nccs1)c1cccc2[nH]c(-c3ccccc3OCCN3CCCC(F)(F)C3)nc12. The van der Waals surface area contributed by atoms with Crippen molar-refractivity contribution in [2.45, 2.75) is 18.8 Å². The number of benzene rings is 2. The van der Waals surface area contributed by atoms with Gasteiger partial charge in [0, 0.05) is 24.5 Å². The van der Waals surface area contributed by atoms with E-state index in [1.807, 2.05) is 30.3 Å². The number of halogens is 2. The Kier molecular flexibility index (Phi) is 6.25. The van der Waals surface area contributed by atoms with Gasteiger partial charge >= 0.3 is 0 Å². The fraction of sp³-hybridized carbons (Fsp3) is 0.292. The van der Waals surface area contributed by atoms with E-state index in [0.717, 1.165) is 5.56 Å². The second kappa shape index (κ2) is 9.47. The number of alkyl halides is 2. The van der Waals surface area contributed by atoms with Crippen molar-refractivity contribution in [2.24, 2.45) is 0 Å². The Morgan fingerprint density at radius 1 is 1.24 bits per heavy atom. The van der Waals surface area contributed by atoms with Crippen LogP contribution in [0.2, 0.25) is 0 Å². The number of carbonyl (C=O) groups is 1. The highest BCUT2D eigenvalue weighted by Crippen LogP contribution is 2.31. The standard InChI is InChI=1S/C24H23F2N5O2S/c25-24(26)9-4-11-31(15-24)12-13-33-19-8-2-1-5-16(19)21-28-18-7-3-6-17(20(18)29-21)22(32)30-23-27-10-14-34-23/h1-3,5-8,10,14H,4,9,11-13,15H2,(H,28,29)(H,27,30,32). The Balaban J connectivity index is 1.34. The third-order valence-electron chi connectivity index (χ3n) is 5.69. The largest absolute Gasteiger partial charge is 0.491 e. The summed E-state index contributed by atoms with van der Waals surface area (Å²) in [5, 5.41) is 5.09. The van der Waals surface area contributed by atoms with Gasteiger partial charge < -0.3 is 9.72 Å². The van der Waals surface area contributed by atoms with E-state index in [-0.39, 0.29) is 25.5 Å². The van der Waals surface area contributed by atoms with Crippen LogP contribution in [0.15, 0.2) is 54.0 Å². The van der Waals surface area contributed by atoms with Gasteiger partial charge in [-0.3, -0.25) is 15.0 Å². The maximum Gasteiger partial charge on any atom is 0.260 e. The molecule has 1 aliphatic rings. The van der Waals surface area contributed by atoms with Crippen molar-refractivity contribution in [3.05, 3.63) is 59.6 Å². The number of amides is 1. The molecule has 34 heavy (non-hydrogen) atoms. The molecule has 0 saturated carbocycles. The van der Waals surface area contributed by atoms with Gasteiger partial charge in [0.2, 0.25) is 0 Å². The van der Waals surface area contributed by atoms with Crippen molar-refractivity contribution in [3.8, 4) is 17.1 Å². The van der Waals surface area contributed by atoms with Gasteiger partial charge in [-0.2, -0.15) is 0 Å². The first-order valence-corrected chi connectivity index (χ1v) is 11.9. The van der Waals surface area contributed by atoms with Crippen LogP contribution < -0.4 is 10.1 Å². The molecule has 0 bridgehead atoms. The summed E-state index contributed by atoms with van der Waals surface area (Å²) in [5.74, 6) is -1.77. The summed E-state index contributed by atoms with van der Waals surface area (Å²) in [7, 11) is 0. The average molecular weight is 484 g/mol. The molecular formula is C24H23F2N5O2S. The molecule has 1 fully saturated rings. The number of thiazole rings is 1. The lowest BCUT2D eigenvalue weighted by atomic mass is 10.1. The van der Waals surface area contributed by atoms with E-state index in [4.69, 9.17) is 4.74 Å². The minimum Gasteiger partial charge on any atom is -0.491 e. The third-order valence-corrected chi connectivity index (χ3v) is 6.38. The number of fused-ring (bicyclic) bond motifs is 1. The summed E-state index contributed by atoms with van der Waals surface area (Å²) in [6.45, 7) is 1.13. The first-order valence-electron chi connectivity index (χ1n) is 11.0. The van der Waals surface area contributed by atoms with Crippen molar-refractivity contribution >= 4 is 33.4 Å². The topological polar surface area (TPSA) is 83.1 Å². The fourth-order valence-corrected chi connectivity index (χ4v) is 4.63. The Hall–Kier alpha value is -3.37. The van der Waals surface area contributed by atoms with Crippen molar-refractivity contribution in [3.63, 3.8) is 0 Å². The summed E-state index contributed by atoms with van der Waals surface area (Å²) < 4.78 is 33.3. The molecule has 0 atom stereocenters. The van der Waals surface area contributed by atoms with Crippen molar-refractivity contribution in [2.75, 3.05) is 31.6 Å². The molecule has 5 rings (SSSR count). The normalized spacial score (nSPS) is 15.9. The molecule has 0 radical (unpaired) electrons. The lowest BCUT2D eigenvalue weighted by molar-refractivity contribution is -0.0656. The van der Waals surface area contributed by atoms with Crippen LogP contribution in [0.3, 0.4) is 0 Å². The van der Waals surface area contributed by atoms with Crippen LogP contribution in [0, 0.1) is 0 Å². The molecule has 0 unspecified atom stereocenters. The van der Waals surface area contributed by atoms with Gasteiger partial charge in [-0.25, -0.2) is 18.7 Å². The van der Waals surface area contributed by atoms with Crippen LogP contribution in [0.1, 0.15) is 23.2 Å². The summed E-state index contributed by atoms with van der Waals surface area (Å²) in [4.78, 5) is 26.6. The van der Waals surface area contributed by atoms with E-state index >= 15 is 0 Å². The van der Waals surface area contributed by atoms with Gasteiger partial charge in [0.1, 0.15) is 23.7 Å². The number of para-hydroxylation sites is 2. The summed E-state index contributed by atoms with van der Waals surface area (Å²) in [5.41, 5.74) is 2.41. The van der Waals surface area contributed by atoms with Crippen LogP contribution in [0.5, 0.6) is 5.75 Å². The molecule has 7 nitrogen and oxygen atoms in total. The number of hydrogen-bond acceptors (Lipinski definition) is 6. The summed E-state index contributed by atoms with van der Waals surface area (Å²) in [6.07, 6.45) is 2.06. The zero-order valence-electron chi connectivity index (χ0n) is 18.3. The molecule has 2 aromatic heterocycles. The Labute approximate surface area is 198 Å². The number of imidazole rings is 1. The fourth-order valence-electron chi connectivity index (χ4n) is 4.10. The van der Waals surface area contributed by atoms with Crippen molar-refractivity contribution < 1.29 is 18.3 Å².